The fourth-order valence-electron chi connectivity index (χ4n) is 2.69. The Bertz CT molecular complexity index is 1130. The molecule has 1 aromatic heterocycles. The van der Waals surface area contributed by atoms with Crippen LogP contribution in [0, 0.1) is 0 Å². The Hall–Kier alpha value is -0.880. The van der Waals surface area contributed by atoms with Crippen molar-refractivity contribution in [1.82, 2.24) is 9.55 Å². The summed E-state index contributed by atoms with van der Waals surface area (Å²) in [5.74, 6) is -0.166. The maximum atomic E-state index is 12.1. The number of methoxy groups -OCH3 is 1. The van der Waals surface area contributed by atoms with Gasteiger partial charge in [-0.1, -0.05) is 0 Å². The Balaban J connectivity index is 2.27. The van der Waals surface area contributed by atoms with Gasteiger partial charge in [0.1, 0.15) is 24.1 Å². The average molecular weight is 577 g/mol. The largest absolute Gasteiger partial charge is 0.490 e. The molecule has 8 N–H and O–H groups in total. The van der Waals surface area contributed by atoms with Gasteiger partial charge in [0.25, 0.3) is 0 Å². The molecule has 0 spiro atoms. The van der Waals surface area contributed by atoms with Crippen molar-refractivity contribution in [2.75, 3.05) is 19.5 Å². The van der Waals surface area contributed by atoms with Gasteiger partial charge in [0, 0.05) is 13.3 Å². The third kappa shape index (κ3) is 8.65. The molecule has 0 aliphatic carbocycles. The van der Waals surface area contributed by atoms with E-state index in [1.54, 1.807) is 0 Å². The van der Waals surface area contributed by atoms with E-state index in [0.29, 0.717) is 0 Å². The Labute approximate surface area is 188 Å². The molecule has 2 unspecified atom stereocenters. The summed E-state index contributed by atoms with van der Waals surface area (Å²) in [6.07, 6.45) is -5.31. The van der Waals surface area contributed by atoms with Crippen molar-refractivity contribution in [2.24, 2.45) is 0 Å². The molecule has 1 saturated heterocycles. The van der Waals surface area contributed by atoms with Crippen LogP contribution in [-0.4, -0.2) is 70.9 Å². The van der Waals surface area contributed by atoms with E-state index >= 15 is 0 Å². The predicted molar refractivity (Wildman–Crippen MR) is 104 cm³/mol. The highest BCUT2D eigenvalue weighted by atomic mass is 31.3. The molecule has 1 aromatic rings. The van der Waals surface area contributed by atoms with Gasteiger partial charge in [-0.05, 0) is 6.07 Å². The summed E-state index contributed by atoms with van der Waals surface area (Å²) < 4.78 is 72.9. The smallest absolute Gasteiger partial charge is 0.383 e. The number of nitrogen functional groups attached to an aromatic ring is 1. The first-order valence-electron chi connectivity index (χ1n) is 8.38. The molecule has 1 aliphatic rings. The second-order valence-electron chi connectivity index (χ2n) is 6.26. The number of phosphoric acid groups is 4. The monoisotopic (exact) mass is 577 g/mol. The molecule has 1 fully saturated rings. The van der Waals surface area contributed by atoms with Crippen molar-refractivity contribution in [1.29, 1.82) is 0 Å². The third-order valence-corrected chi connectivity index (χ3v) is 8.08. The van der Waals surface area contributed by atoms with Crippen LogP contribution < -0.4 is 11.4 Å². The van der Waals surface area contributed by atoms with Gasteiger partial charge in [-0.25, -0.2) is 23.1 Å². The Morgan fingerprint density at radius 1 is 1.03 bits per heavy atom. The van der Waals surface area contributed by atoms with E-state index < -0.39 is 68.1 Å². The van der Waals surface area contributed by atoms with Crippen molar-refractivity contribution in [3.63, 3.8) is 0 Å². The van der Waals surface area contributed by atoms with Crippen molar-refractivity contribution in [2.45, 2.75) is 24.5 Å². The van der Waals surface area contributed by atoms with Crippen molar-refractivity contribution < 1.29 is 74.8 Å². The van der Waals surface area contributed by atoms with Crippen LogP contribution in [-0.2, 0) is 45.4 Å². The second kappa shape index (κ2) is 10.6. The predicted octanol–water partition coefficient (Wildman–Crippen LogP) is -1.44. The fraction of sp³-hybridized carbons (Fsp3) is 0.600. The minimum absolute atomic E-state index is 0.166. The summed E-state index contributed by atoms with van der Waals surface area (Å²) in [5, 5.41) is 0. The van der Waals surface area contributed by atoms with E-state index in [4.69, 9.17) is 25.0 Å². The lowest BCUT2D eigenvalue weighted by Gasteiger charge is -2.24. The minimum atomic E-state index is -5.82. The molecule has 20 nitrogen and oxygen atoms in total. The molecule has 0 radical (unpaired) electrons. The molecular formula is C10H19N3O17P4. The van der Waals surface area contributed by atoms with Crippen LogP contribution in [0.15, 0.2) is 17.1 Å². The summed E-state index contributed by atoms with van der Waals surface area (Å²) in [4.78, 5) is 69.8. The summed E-state index contributed by atoms with van der Waals surface area (Å²) in [5.41, 5.74) is 4.42. The molecule has 2 rings (SSSR count). The highest BCUT2D eigenvalue weighted by Crippen LogP contribution is 2.66. The first-order chi connectivity index (χ1) is 15.3. The van der Waals surface area contributed by atoms with E-state index in [2.05, 4.69) is 22.7 Å². The standard InChI is InChI=1S/C10H19N3O17P4/c1-25-8-7(28-31(15,16)17)5(27-9(8)13-3-2-6(11)12-10(13)14)4-26-33(21,22)30-34(23,24)29-32(18,19)20/h2-3,5,7-9H,4H2,1H3,(H,21,22)(H,23,24)(H2,11,12,14)(H2,15,16,17)(H2,18,19,20)/t5-,7-,8-,9-/m1/s1. The summed E-state index contributed by atoms with van der Waals surface area (Å²) >= 11 is 0. The Morgan fingerprint density at radius 2 is 1.65 bits per heavy atom. The molecule has 0 aromatic carbocycles. The fourth-order valence-corrected chi connectivity index (χ4v) is 6.30. The Morgan fingerprint density at radius 3 is 2.15 bits per heavy atom. The van der Waals surface area contributed by atoms with E-state index in [1.165, 1.54) is 6.07 Å². The topological polar surface area (TPSA) is 306 Å². The normalized spacial score (nSPS) is 27.3. The van der Waals surface area contributed by atoms with Crippen LogP contribution in [0.4, 0.5) is 5.82 Å². The van der Waals surface area contributed by atoms with Gasteiger partial charge in [-0.15, -0.1) is 0 Å². The van der Waals surface area contributed by atoms with Crippen molar-refractivity contribution in [3.05, 3.63) is 22.7 Å². The third-order valence-electron chi connectivity index (χ3n) is 3.76. The van der Waals surface area contributed by atoms with Crippen LogP contribution in [0.1, 0.15) is 6.23 Å². The average Bonchev–Trinajstić information content (AvgIpc) is 2.92. The molecule has 196 valence electrons. The highest BCUT2D eigenvalue weighted by Gasteiger charge is 2.51. The van der Waals surface area contributed by atoms with E-state index in [1.807, 2.05) is 0 Å². The van der Waals surface area contributed by atoms with E-state index in [-0.39, 0.29) is 5.82 Å². The number of aromatic nitrogens is 2. The van der Waals surface area contributed by atoms with Crippen LogP contribution in [0.2, 0.25) is 0 Å². The molecule has 2 heterocycles. The van der Waals surface area contributed by atoms with Crippen LogP contribution in [0.25, 0.3) is 0 Å². The molecule has 0 bridgehead atoms. The molecule has 0 amide bonds. The van der Waals surface area contributed by atoms with Gasteiger partial charge < -0.3 is 44.6 Å². The summed E-state index contributed by atoms with van der Waals surface area (Å²) in [6, 6.07) is 1.18. The number of hydrogen-bond acceptors (Lipinski definition) is 13. The SMILES string of the molecule is CO[C@@H]1[C@H](OP(=O)(O)O)[C@@H](COP(=O)(O)OP(=O)(O)OP(=O)(O)O)O[C@H]1n1ccc(N)nc1=O. The molecule has 6 atom stereocenters. The number of phosphoric ester groups is 2. The van der Waals surface area contributed by atoms with Gasteiger partial charge in [0.15, 0.2) is 6.23 Å². The molecular weight excluding hydrogens is 558 g/mol. The maximum Gasteiger partial charge on any atom is 0.490 e. The van der Waals surface area contributed by atoms with Crippen LogP contribution in [0.5, 0.6) is 0 Å². The number of anilines is 1. The number of rotatable bonds is 11. The van der Waals surface area contributed by atoms with E-state index in [0.717, 1.165) is 17.9 Å². The zero-order chi connectivity index (χ0) is 26.1. The summed E-state index contributed by atoms with van der Waals surface area (Å²) in [6.45, 7) is -1.15. The first kappa shape index (κ1) is 29.4. The summed E-state index contributed by atoms with van der Waals surface area (Å²) in [7, 11) is -21.3. The van der Waals surface area contributed by atoms with Gasteiger partial charge in [-0.3, -0.25) is 13.6 Å². The van der Waals surface area contributed by atoms with Gasteiger partial charge >= 0.3 is 37.0 Å². The molecule has 24 heteroatoms. The number of hydrogen-bond donors (Lipinski definition) is 7. The lowest BCUT2D eigenvalue weighted by molar-refractivity contribution is -0.0618. The lowest BCUT2D eigenvalue weighted by atomic mass is 10.1. The lowest BCUT2D eigenvalue weighted by Crippen LogP contribution is -2.39. The Kier molecular flexibility index (Phi) is 9.17. The molecule has 1 aliphatic heterocycles. The maximum absolute atomic E-state index is 12.1. The van der Waals surface area contributed by atoms with Crippen LogP contribution in [0.3, 0.4) is 0 Å². The molecule has 0 saturated carbocycles. The first-order valence-corrected chi connectivity index (χ1v) is 14.4. The minimum Gasteiger partial charge on any atom is -0.383 e. The second-order valence-corrected chi connectivity index (χ2v) is 11.9. The van der Waals surface area contributed by atoms with Crippen molar-refractivity contribution in [3.8, 4) is 0 Å². The van der Waals surface area contributed by atoms with Crippen molar-refractivity contribution >= 4 is 37.1 Å². The van der Waals surface area contributed by atoms with Gasteiger partial charge in [-0.2, -0.15) is 13.6 Å². The van der Waals surface area contributed by atoms with Gasteiger partial charge in [0.2, 0.25) is 0 Å². The van der Waals surface area contributed by atoms with Gasteiger partial charge in [0.05, 0.1) is 6.61 Å². The zero-order valence-electron chi connectivity index (χ0n) is 16.6. The van der Waals surface area contributed by atoms with Crippen LogP contribution >= 0.6 is 31.3 Å². The zero-order valence-corrected chi connectivity index (χ0v) is 20.2. The number of nitrogens with zero attached hydrogens (tertiary/aromatic N) is 2. The number of ether oxygens (including phenoxy) is 2. The highest BCUT2D eigenvalue weighted by molar-refractivity contribution is 7.66. The molecule has 34 heavy (non-hydrogen) atoms. The number of nitrogens with two attached hydrogens (primary N) is 1. The van der Waals surface area contributed by atoms with E-state index in [9.17, 15) is 42.6 Å². The quantitative estimate of drug-likeness (QED) is 0.148.